The van der Waals surface area contributed by atoms with Crippen molar-refractivity contribution in [2.45, 2.75) is 25.3 Å². The van der Waals surface area contributed by atoms with Crippen LogP contribution >= 0.6 is 0 Å². The summed E-state index contributed by atoms with van der Waals surface area (Å²) in [6, 6.07) is 5.56. The van der Waals surface area contributed by atoms with Gasteiger partial charge in [0.15, 0.2) is 0 Å². The summed E-state index contributed by atoms with van der Waals surface area (Å²) in [6.07, 6.45) is 3.10. The topological polar surface area (TPSA) is 67.6 Å². The second kappa shape index (κ2) is 6.61. The van der Waals surface area contributed by atoms with Crippen molar-refractivity contribution in [1.29, 1.82) is 0 Å². The Balaban J connectivity index is 1.86. The van der Waals surface area contributed by atoms with E-state index in [9.17, 15) is 4.79 Å². The Morgan fingerprint density at radius 2 is 2.20 bits per heavy atom. The van der Waals surface area contributed by atoms with Crippen molar-refractivity contribution in [3.63, 3.8) is 0 Å². The summed E-state index contributed by atoms with van der Waals surface area (Å²) in [6.45, 7) is 1.60. The number of ether oxygens (including phenoxy) is 1. The van der Waals surface area contributed by atoms with Crippen molar-refractivity contribution in [2.24, 2.45) is 0 Å². The molecule has 2 rings (SSSR count). The van der Waals surface area contributed by atoms with Crippen LogP contribution in [0.15, 0.2) is 18.2 Å². The molecule has 20 heavy (non-hydrogen) atoms. The van der Waals surface area contributed by atoms with Gasteiger partial charge in [-0.05, 0) is 51.6 Å². The maximum atomic E-state index is 11.9. The van der Waals surface area contributed by atoms with Gasteiger partial charge in [0, 0.05) is 18.2 Å². The monoisotopic (exact) mass is 277 g/mol. The summed E-state index contributed by atoms with van der Waals surface area (Å²) in [7, 11) is 4.06. The fourth-order valence-corrected chi connectivity index (χ4v) is 1.88. The molecule has 0 heterocycles. The molecule has 3 N–H and O–H groups in total. The van der Waals surface area contributed by atoms with Crippen molar-refractivity contribution in [3.05, 3.63) is 23.8 Å². The summed E-state index contributed by atoms with van der Waals surface area (Å²) in [4.78, 5) is 14.0. The molecule has 0 bridgehead atoms. The van der Waals surface area contributed by atoms with Crippen molar-refractivity contribution < 1.29 is 9.53 Å². The first-order valence-electron chi connectivity index (χ1n) is 7.04. The highest BCUT2D eigenvalue weighted by molar-refractivity contribution is 5.95. The minimum absolute atomic E-state index is 0.0571. The van der Waals surface area contributed by atoms with E-state index in [0.29, 0.717) is 29.6 Å². The molecule has 5 heteroatoms. The number of hydrogen-bond donors (Lipinski definition) is 2. The van der Waals surface area contributed by atoms with E-state index in [1.807, 2.05) is 14.1 Å². The quantitative estimate of drug-likeness (QED) is 0.585. The van der Waals surface area contributed by atoms with Crippen molar-refractivity contribution in [2.75, 3.05) is 33.0 Å². The Morgan fingerprint density at radius 3 is 2.80 bits per heavy atom. The molecule has 0 radical (unpaired) electrons. The van der Waals surface area contributed by atoms with E-state index in [1.165, 1.54) is 0 Å². The molecule has 0 spiro atoms. The maximum Gasteiger partial charge on any atom is 0.251 e. The zero-order valence-corrected chi connectivity index (χ0v) is 12.2. The van der Waals surface area contributed by atoms with E-state index in [-0.39, 0.29) is 5.91 Å². The zero-order chi connectivity index (χ0) is 14.5. The van der Waals surface area contributed by atoms with Crippen LogP contribution in [0.1, 0.15) is 29.6 Å². The Morgan fingerprint density at radius 1 is 1.45 bits per heavy atom. The van der Waals surface area contributed by atoms with Crippen LogP contribution in [0.4, 0.5) is 5.69 Å². The fraction of sp³-hybridized carbons (Fsp3) is 0.533. The van der Waals surface area contributed by atoms with Gasteiger partial charge in [0.05, 0.1) is 12.3 Å². The predicted molar refractivity (Wildman–Crippen MR) is 80.0 cm³/mol. The Kier molecular flexibility index (Phi) is 4.84. The van der Waals surface area contributed by atoms with Gasteiger partial charge in [-0.15, -0.1) is 0 Å². The zero-order valence-electron chi connectivity index (χ0n) is 12.2. The predicted octanol–water partition coefficient (Wildman–Crippen LogP) is 1.49. The first-order valence-corrected chi connectivity index (χ1v) is 7.04. The molecule has 0 saturated heterocycles. The maximum absolute atomic E-state index is 11.9. The van der Waals surface area contributed by atoms with E-state index < -0.39 is 0 Å². The lowest BCUT2D eigenvalue weighted by atomic mass is 10.1. The molecular weight excluding hydrogens is 254 g/mol. The standard InChI is InChI=1S/C15H23N3O2/c1-18(2)8-3-9-20-14-7-4-11(10-13(14)16)15(19)17-12-5-6-12/h4,7,10,12H,3,5-6,8-9,16H2,1-2H3,(H,17,19). The number of hydrogen-bond acceptors (Lipinski definition) is 4. The molecule has 0 unspecified atom stereocenters. The van der Waals surface area contributed by atoms with Crippen LogP contribution in [0.25, 0.3) is 0 Å². The molecular formula is C15H23N3O2. The first kappa shape index (κ1) is 14.7. The van der Waals surface area contributed by atoms with Crippen LogP contribution in [0.5, 0.6) is 5.75 Å². The van der Waals surface area contributed by atoms with Crippen LogP contribution in [0.2, 0.25) is 0 Å². The highest BCUT2D eigenvalue weighted by Crippen LogP contribution is 2.24. The third kappa shape index (κ3) is 4.42. The normalized spacial score (nSPS) is 14.3. The van der Waals surface area contributed by atoms with E-state index >= 15 is 0 Å². The third-order valence-corrected chi connectivity index (χ3v) is 3.19. The molecule has 0 aliphatic heterocycles. The lowest BCUT2D eigenvalue weighted by Gasteiger charge is -2.12. The van der Waals surface area contributed by atoms with Gasteiger partial charge in [0.25, 0.3) is 5.91 Å². The number of nitrogens with two attached hydrogens (primary N) is 1. The fourth-order valence-electron chi connectivity index (χ4n) is 1.88. The molecule has 1 amide bonds. The van der Waals surface area contributed by atoms with Gasteiger partial charge in [-0.2, -0.15) is 0 Å². The van der Waals surface area contributed by atoms with E-state index in [1.54, 1.807) is 18.2 Å². The highest BCUT2D eigenvalue weighted by Gasteiger charge is 2.23. The summed E-state index contributed by atoms with van der Waals surface area (Å²) in [5, 5.41) is 2.94. The number of amides is 1. The molecule has 1 aliphatic carbocycles. The molecule has 5 nitrogen and oxygen atoms in total. The molecule has 1 fully saturated rings. The van der Waals surface area contributed by atoms with Crippen LogP contribution in [-0.2, 0) is 0 Å². The van der Waals surface area contributed by atoms with Crippen LogP contribution in [-0.4, -0.2) is 44.1 Å². The Hall–Kier alpha value is -1.75. The van der Waals surface area contributed by atoms with E-state index in [2.05, 4.69) is 10.2 Å². The van der Waals surface area contributed by atoms with Crippen LogP contribution < -0.4 is 15.8 Å². The Bertz CT molecular complexity index is 470. The number of nitrogens with one attached hydrogen (secondary N) is 1. The van der Waals surface area contributed by atoms with Crippen molar-refractivity contribution >= 4 is 11.6 Å². The minimum atomic E-state index is -0.0571. The average Bonchev–Trinajstić information content (AvgIpc) is 3.19. The van der Waals surface area contributed by atoms with Gasteiger partial charge in [-0.25, -0.2) is 0 Å². The van der Waals surface area contributed by atoms with Crippen LogP contribution in [0.3, 0.4) is 0 Å². The summed E-state index contributed by atoms with van der Waals surface area (Å²) >= 11 is 0. The van der Waals surface area contributed by atoms with Crippen molar-refractivity contribution in [1.82, 2.24) is 10.2 Å². The first-order chi connectivity index (χ1) is 9.56. The number of nitrogens with zero attached hydrogens (tertiary/aromatic N) is 1. The van der Waals surface area contributed by atoms with Gasteiger partial charge in [0.2, 0.25) is 0 Å². The second-order valence-corrected chi connectivity index (χ2v) is 5.51. The van der Waals surface area contributed by atoms with E-state index in [0.717, 1.165) is 25.8 Å². The average molecular weight is 277 g/mol. The second-order valence-electron chi connectivity index (χ2n) is 5.51. The molecule has 110 valence electrons. The molecule has 0 aromatic heterocycles. The number of carbonyl (C=O) groups excluding carboxylic acids is 1. The highest BCUT2D eigenvalue weighted by atomic mass is 16.5. The SMILES string of the molecule is CN(C)CCCOc1ccc(C(=O)NC2CC2)cc1N. The smallest absolute Gasteiger partial charge is 0.251 e. The third-order valence-electron chi connectivity index (χ3n) is 3.19. The van der Waals surface area contributed by atoms with E-state index in [4.69, 9.17) is 10.5 Å². The Labute approximate surface area is 120 Å². The van der Waals surface area contributed by atoms with Crippen LogP contribution in [0, 0.1) is 0 Å². The van der Waals surface area contributed by atoms with Gasteiger partial charge in [-0.1, -0.05) is 0 Å². The van der Waals surface area contributed by atoms with Crippen molar-refractivity contribution in [3.8, 4) is 5.75 Å². The van der Waals surface area contributed by atoms with Gasteiger partial charge in [0.1, 0.15) is 5.75 Å². The number of carbonyl (C=O) groups is 1. The number of rotatable bonds is 7. The minimum Gasteiger partial charge on any atom is -0.491 e. The molecule has 1 saturated carbocycles. The lowest BCUT2D eigenvalue weighted by Crippen LogP contribution is -2.25. The molecule has 1 aromatic carbocycles. The molecule has 0 atom stereocenters. The number of nitrogen functional groups attached to an aromatic ring is 1. The molecule has 1 aromatic rings. The number of benzene rings is 1. The van der Waals surface area contributed by atoms with Gasteiger partial charge >= 0.3 is 0 Å². The summed E-state index contributed by atoms with van der Waals surface area (Å²) < 4.78 is 5.63. The summed E-state index contributed by atoms with van der Waals surface area (Å²) in [5.74, 6) is 0.588. The lowest BCUT2D eigenvalue weighted by molar-refractivity contribution is 0.0951. The summed E-state index contributed by atoms with van der Waals surface area (Å²) in [5.41, 5.74) is 7.04. The van der Waals surface area contributed by atoms with Gasteiger partial charge < -0.3 is 20.7 Å². The van der Waals surface area contributed by atoms with Gasteiger partial charge in [-0.3, -0.25) is 4.79 Å². The largest absolute Gasteiger partial charge is 0.491 e. The number of anilines is 1. The molecule has 1 aliphatic rings.